The predicted molar refractivity (Wildman–Crippen MR) is 77.7 cm³/mol. The number of hydrogen-bond acceptors (Lipinski definition) is 5. The quantitative estimate of drug-likeness (QED) is 0.879. The fraction of sp³-hybridized carbons (Fsp3) is 0.500. The van der Waals surface area contributed by atoms with E-state index in [0.29, 0.717) is 12.5 Å². The average Bonchev–Trinajstić information content (AvgIpc) is 3.02. The van der Waals surface area contributed by atoms with Crippen LogP contribution in [0.15, 0.2) is 5.38 Å². The van der Waals surface area contributed by atoms with Crippen molar-refractivity contribution in [3.63, 3.8) is 0 Å². The molecule has 7 nitrogen and oxygen atoms in total. The minimum absolute atomic E-state index is 0.314. The van der Waals surface area contributed by atoms with E-state index < -0.39 is 0 Å². The van der Waals surface area contributed by atoms with Gasteiger partial charge in [-0.25, -0.2) is 9.78 Å². The summed E-state index contributed by atoms with van der Waals surface area (Å²) >= 11 is 1.60. The fourth-order valence-electron chi connectivity index (χ4n) is 1.69. The van der Waals surface area contributed by atoms with E-state index >= 15 is 0 Å². The minimum Gasteiger partial charge on any atom is -0.332 e. The first-order valence-electron chi connectivity index (χ1n) is 6.50. The summed E-state index contributed by atoms with van der Waals surface area (Å²) < 4.78 is 1.66. The predicted octanol–water partition coefficient (Wildman–Crippen LogP) is 1.72. The first-order valence-corrected chi connectivity index (χ1v) is 7.38. The van der Waals surface area contributed by atoms with Crippen molar-refractivity contribution in [3.8, 4) is 0 Å². The number of rotatable bonds is 5. The molecule has 0 fully saturated rings. The van der Waals surface area contributed by atoms with Gasteiger partial charge >= 0.3 is 6.03 Å². The molecular weight excluding hydrogens is 276 g/mol. The molecule has 0 saturated heterocycles. The van der Waals surface area contributed by atoms with Crippen molar-refractivity contribution in [1.29, 1.82) is 0 Å². The van der Waals surface area contributed by atoms with Gasteiger partial charge in [-0.3, -0.25) is 10.00 Å². The van der Waals surface area contributed by atoms with Gasteiger partial charge < -0.3 is 5.32 Å². The molecule has 0 spiro atoms. The Balaban J connectivity index is 1.85. The standard InChI is InChI=1S/C12H18N6OS/c1-4-9-15-11(17-18(9)3)16-12(19)13-6-8-7-20-10(5-2)14-8/h7H,4-6H2,1-3H3,(H2,13,16,17,19). The van der Waals surface area contributed by atoms with Crippen LogP contribution in [-0.4, -0.2) is 25.8 Å². The highest BCUT2D eigenvalue weighted by Crippen LogP contribution is 2.09. The number of thiazole rings is 1. The van der Waals surface area contributed by atoms with Crippen molar-refractivity contribution >= 4 is 23.3 Å². The van der Waals surface area contributed by atoms with E-state index in [1.54, 1.807) is 23.1 Å². The topological polar surface area (TPSA) is 84.7 Å². The van der Waals surface area contributed by atoms with Crippen LogP contribution >= 0.6 is 11.3 Å². The molecule has 0 atom stereocenters. The second-order valence-electron chi connectivity index (χ2n) is 4.22. The second-order valence-corrected chi connectivity index (χ2v) is 5.17. The van der Waals surface area contributed by atoms with Crippen LogP contribution in [-0.2, 0) is 26.4 Å². The van der Waals surface area contributed by atoms with E-state index in [4.69, 9.17) is 0 Å². The lowest BCUT2D eigenvalue weighted by molar-refractivity contribution is 0.251. The number of nitrogens with zero attached hydrogens (tertiary/aromatic N) is 4. The second kappa shape index (κ2) is 6.47. The van der Waals surface area contributed by atoms with Crippen LogP contribution < -0.4 is 10.6 Å². The zero-order chi connectivity index (χ0) is 14.5. The van der Waals surface area contributed by atoms with E-state index in [2.05, 4.69) is 32.6 Å². The summed E-state index contributed by atoms with van der Waals surface area (Å²) in [6.45, 7) is 4.44. The molecule has 2 aromatic heterocycles. The van der Waals surface area contributed by atoms with Gasteiger partial charge in [0.25, 0.3) is 0 Å². The van der Waals surface area contributed by atoms with Crippen LogP contribution in [0.3, 0.4) is 0 Å². The Morgan fingerprint density at radius 2 is 2.15 bits per heavy atom. The number of aryl methyl sites for hydroxylation is 3. The molecular formula is C12H18N6OS. The molecule has 2 aromatic rings. The summed E-state index contributed by atoms with van der Waals surface area (Å²) in [4.78, 5) is 20.3. The third kappa shape index (κ3) is 3.53. The molecule has 0 saturated carbocycles. The highest BCUT2D eigenvalue weighted by molar-refractivity contribution is 7.09. The van der Waals surface area contributed by atoms with Crippen LogP contribution in [0.4, 0.5) is 10.7 Å². The molecule has 0 aliphatic carbocycles. The highest BCUT2D eigenvalue weighted by Gasteiger charge is 2.09. The lowest BCUT2D eigenvalue weighted by atomic mass is 10.4. The van der Waals surface area contributed by atoms with Gasteiger partial charge in [0.2, 0.25) is 5.95 Å². The van der Waals surface area contributed by atoms with Gasteiger partial charge in [0, 0.05) is 18.8 Å². The van der Waals surface area contributed by atoms with E-state index in [-0.39, 0.29) is 6.03 Å². The van der Waals surface area contributed by atoms with Gasteiger partial charge in [0.05, 0.1) is 17.2 Å². The van der Waals surface area contributed by atoms with Crippen molar-refractivity contribution in [1.82, 2.24) is 25.1 Å². The van der Waals surface area contributed by atoms with Gasteiger partial charge in [0.15, 0.2) is 0 Å². The molecule has 0 aliphatic heterocycles. The van der Waals surface area contributed by atoms with E-state index in [1.165, 1.54) is 0 Å². The van der Waals surface area contributed by atoms with Gasteiger partial charge in [-0.2, -0.15) is 4.98 Å². The third-order valence-electron chi connectivity index (χ3n) is 2.73. The fourth-order valence-corrected chi connectivity index (χ4v) is 2.43. The Hall–Kier alpha value is -1.96. The summed E-state index contributed by atoms with van der Waals surface area (Å²) in [6.07, 6.45) is 1.68. The largest absolute Gasteiger partial charge is 0.332 e. The first-order chi connectivity index (χ1) is 9.62. The Bertz CT molecular complexity index is 591. The summed E-state index contributed by atoms with van der Waals surface area (Å²) in [5.41, 5.74) is 0.866. The van der Waals surface area contributed by atoms with Crippen LogP contribution in [0, 0.1) is 0 Å². The molecule has 0 aromatic carbocycles. The van der Waals surface area contributed by atoms with Gasteiger partial charge in [-0.15, -0.1) is 16.4 Å². The molecule has 0 aliphatic rings. The molecule has 108 valence electrons. The smallest absolute Gasteiger partial charge is 0.321 e. The Morgan fingerprint density at radius 1 is 1.35 bits per heavy atom. The molecule has 2 N–H and O–H groups in total. The number of carbonyl (C=O) groups is 1. The van der Waals surface area contributed by atoms with Crippen LogP contribution in [0.1, 0.15) is 30.4 Å². The third-order valence-corrected chi connectivity index (χ3v) is 3.77. The summed E-state index contributed by atoms with van der Waals surface area (Å²) in [5.74, 6) is 1.14. The van der Waals surface area contributed by atoms with Crippen LogP contribution in [0.25, 0.3) is 0 Å². The SMILES string of the molecule is CCc1nc(CNC(=O)Nc2nc(CC)n(C)n2)cs1. The van der Waals surface area contributed by atoms with E-state index in [0.717, 1.165) is 29.4 Å². The molecule has 20 heavy (non-hydrogen) atoms. The Kier molecular flexibility index (Phi) is 4.67. The average molecular weight is 294 g/mol. The first kappa shape index (κ1) is 14.4. The molecule has 0 radical (unpaired) electrons. The molecule has 2 rings (SSSR count). The highest BCUT2D eigenvalue weighted by atomic mass is 32.1. The maximum Gasteiger partial charge on any atom is 0.321 e. The van der Waals surface area contributed by atoms with Crippen molar-refractivity contribution in [3.05, 3.63) is 21.9 Å². The van der Waals surface area contributed by atoms with Crippen LogP contribution in [0.2, 0.25) is 0 Å². The summed E-state index contributed by atoms with van der Waals surface area (Å²) in [7, 11) is 1.80. The number of carbonyl (C=O) groups excluding carboxylic acids is 1. The number of hydrogen-bond donors (Lipinski definition) is 2. The van der Waals surface area contributed by atoms with Gasteiger partial charge in [-0.05, 0) is 6.42 Å². The summed E-state index contributed by atoms with van der Waals surface area (Å²) in [6, 6.07) is -0.329. The van der Waals surface area contributed by atoms with Crippen molar-refractivity contribution in [2.45, 2.75) is 33.2 Å². The summed E-state index contributed by atoms with van der Waals surface area (Å²) in [5, 5.41) is 12.5. The van der Waals surface area contributed by atoms with Crippen molar-refractivity contribution in [2.75, 3.05) is 5.32 Å². The van der Waals surface area contributed by atoms with E-state index in [1.807, 2.05) is 12.3 Å². The van der Waals surface area contributed by atoms with Gasteiger partial charge in [0.1, 0.15) is 5.82 Å². The number of amides is 2. The lowest BCUT2D eigenvalue weighted by Gasteiger charge is -2.02. The number of nitrogens with one attached hydrogen (secondary N) is 2. The minimum atomic E-state index is -0.329. The normalized spacial score (nSPS) is 10.6. The Labute approximate surface area is 121 Å². The monoisotopic (exact) mass is 294 g/mol. The Morgan fingerprint density at radius 3 is 2.75 bits per heavy atom. The van der Waals surface area contributed by atoms with Crippen LogP contribution in [0.5, 0.6) is 0 Å². The number of aromatic nitrogens is 4. The van der Waals surface area contributed by atoms with Crippen molar-refractivity contribution < 1.29 is 4.79 Å². The number of anilines is 1. The van der Waals surface area contributed by atoms with E-state index in [9.17, 15) is 4.79 Å². The molecule has 8 heteroatoms. The molecule has 2 heterocycles. The molecule has 0 bridgehead atoms. The molecule has 2 amide bonds. The van der Waals surface area contributed by atoms with Gasteiger partial charge in [-0.1, -0.05) is 13.8 Å². The zero-order valence-corrected chi connectivity index (χ0v) is 12.6. The molecule has 0 unspecified atom stereocenters. The lowest BCUT2D eigenvalue weighted by Crippen LogP contribution is -2.28. The van der Waals surface area contributed by atoms with Crippen molar-refractivity contribution in [2.24, 2.45) is 7.05 Å². The maximum absolute atomic E-state index is 11.7. The number of urea groups is 1. The maximum atomic E-state index is 11.7. The zero-order valence-electron chi connectivity index (χ0n) is 11.8.